The molecule has 1 aromatic carbocycles. The van der Waals surface area contributed by atoms with Gasteiger partial charge < -0.3 is 14.4 Å². The minimum Gasteiger partial charge on any atom is -0.493 e. The average molecular weight is 394 g/mol. The Labute approximate surface area is 157 Å². The van der Waals surface area contributed by atoms with Crippen LogP contribution in [0.1, 0.15) is 41.9 Å². The van der Waals surface area contributed by atoms with Gasteiger partial charge >= 0.3 is 5.97 Å². The summed E-state index contributed by atoms with van der Waals surface area (Å²) in [4.78, 5) is 11.4. The number of aryl methyl sites for hydroxylation is 1. The molecule has 1 atom stereocenters. The molecule has 1 fully saturated rings. The fourth-order valence-electron chi connectivity index (χ4n) is 3.30. The Morgan fingerprint density at radius 3 is 2.81 bits per heavy atom. The molecule has 2 aromatic rings. The van der Waals surface area contributed by atoms with Crippen molar-refractivity contribution >= 4 is 16.0 Å². The van der Waals surface area contributed by atoms with E-state index in [0.29, 0.717) is 13.0 Å². The molecule has 1 saturated heterocycles. The molecular weight excluding hydrogens is 372 g/mol. The van der Waals surface area contributed by atoms with Gasteiger partial charge in [-0.2, -0.15) is 4.31 Å². The van der Waals surface area contributed by atoms with E-state index in [0.717, 1.165) is 18.3 Å². The second-order valence-electron chi connectivity index (χ2n) is 6.40. The van der Waals surface area contributed by atoms with Crippen LogP contribution in [-0.2, 0) is 17.1 Å². The van der Waals surface area contributed by atoms with Crippen LogP contribution in [0.4, 0.5) is 0 Å². The first-order valence-corrected chi connectivity index (χ1v) is 10.1. The summed E-state index contributed by atoms with van der Waals surface area (Å²) >= 11 is 0. The van der Waals surface area contributed by atoms with Crippen LogP contribution < -0.4 is 4.74 Å². The molecule has 1 N–H and O–H groups in total. The topological polar surface area (TPSA) is 115 Å². The molecule has 2 heterocycles. The van der Waals surface area contributed by atoms with Crippen molar-refractivity contribution in [3.63, 3.8) is 0 Å². The highest BCUT2D eigenvalue weighted by Gasteiger charge is 2.33. The van der Waals surface area contributed by atoms with Gasteiger partial charge in [-0.25, -0.2) is 13.2 Å². The first-order chi connectivity index (χ1) is 12.8. The number of hydrogen-bond acceptors (Lipinski definition) is 6. The highest BCUT2D eigenvalue weighted by molar-refractivity contribution is 7.89. The van der Waals surface area contributed by atoms with Gasteiger partial charge in [0.05, 0.1) is 11.5 Å². The van der Waals surface area contributed by atoms with Crippen LogP contribution in [0, 0.1) is 0 Å². The first kappa shape index (κ1) is 19.3. The monoisotopic (exact) mass is 394 g/mol. The fraction of sp³-hybridized carbons (Fsp3) is 0.471. The SMILES string of the molecule is CCOc1ccc(S(=O)(=O)N2CCCC(c3nncn3C)C2)cc1C(=O)O. The number of carbonyl (C=O) groups is 1. The first-order valence-electron chi connectivity index (χ1n) is 8.68. The molecule has 27 heavy (non-hydrogen) atoms. The van der Waals surface area contributed by atoms with Crippen molar-refractivity contribution in [3.8, 4) is 5.75 Å². The molecule has 0 bridgehead atoms. The largest absolute Gasteiger partial charge is 0.493 e. The summed E-state index contributed by atoms with van der Waals surface area (Å²) in [5.41, 5.74) is -0.167. The van der Waals surface area contributed by atoms with Crippen molar-refractivity contribution < 1.29 is 23.1 Å². The lowest BCUT2D eigenvalue weighted by atomic mass is 9.99. The van der Waals surface area contributed by atoms with E-state index >= 15 is 0 Å². The zero-order chi connectivity index (χ0) is 19.6. The van der Waals surface area contributed by atoms with Crippen LogP contribution in [0.2, 0.25) is 0 Å². The maximum Gasteiger partial charge on any atom is 0.339 e. The van der Waals surface area contributed by atoms with Crippen molar-refractivity contribution in [2.75, 3.05) is 19.7 Å². The van der Waals surface area contributed by atoms with Crippen molar-refractivity contribution in [1.82, 2.24) is 19.1 Å². The van der Waals surface area contributed by atoms with Crippen LogP contribution in [0.3, 0.4) is 0 Å². The van der Waals surface area contributed by atoms with Crippen LogP contribution in [-0.4, -0.2) is 58.3 Å². The van der Waals surface area contributed by atoms with E-state index in [-0.39, 0.29) is 35.3 Å². The van der Waals surface area contributed by atoms with E-state index in [1.54, 1.807) is 17.8 Å². The molecule has 0 aliphatic carbocycles. The van der Waals surface area contributed by atoms with Crippen molar-refractivity contribution in [2.24, 2.45) is 7.05 Å². The number of nitrogens with zero attached hydrogens (tertiary/aromatic N) is 4. The van der Waals surface area contributed by atoms with Gasteiger partial charge in [0, 0.05) is 26.1 Å². The van der Waals surface area contributed by atoms with Crippen LogP contribution >= 0.6 is 0 Å². The Hall–Kier alpha value is -2.46. The fourth-order valence-corrected chi connectivity index (χ4v) is 4.85. The van der Waals surface area contributed by atoms with Crippen LogP contribution in [0.5, 0.6) is 5.75 Å². The Balaban J connectivity index is 1.90. The van der Waals surface area contributed by atoms with Gasteiger partial charge in [0.1, 0.15) is 23.5 Å². The summed E-state index contributed by atoms with van der Waals surface area (Å²) in [6.07, 6.45) is 3.11. The molecule has 1 aliphatic heterocycles. The van der Waals surface area contributed by atoms with Gasteiger partial charge in [0.2, 0.25) is 10.0 Å². The van der Waals surface area contributed by atoms with Gasteiger partial charge in [-0.3, -0.25) is 0 Å². The number of piperidine rings is 1. The van der Waals surface area contributed by atoms with Gasteiger partial charge in [-0.05, 0) is 38.0 Å². The van der Waals surface area contributed by atoms with E-state index in [1.165, 1.54) is 16.4 Å². The van der Waals surface area contributed by atoms with E-state index in [1.807, 2.05) is 7.05 Å². The molecule has 0 spiro atoms. The van der Waals surface area contributed by atoms with E-state index in [2.05, 4.69) is 10.2 Å². The van der Waals surface area contributed by atoms with Gasteiger partial charge in [-0.1, -0.05) is 0 Å². The molecule has 10 heteroatoms. The number of carboxylic acid groups (broad SMARTS) is 1. The van der Waals surface area contributed by atoms with E-state index in [4.69, 9.17) is 4.74 Å². The molecule has 146 valence electrons. The summed E-state index contributed by atoms with van der Waals surface area (Å²) in [6, 6.07) is 3.94. The normalized spacial score (nSPS) is 18.4. The summed E-state index contributed by atoms with van der Waals surface area (Å²) in [7, 11) is -2.00. The lowest BCUT2D eigenvalue weighted by Crippen LogP contribution is -2.39. The number of carboxylic acids is 1. The second-order valence-corrected chi connectivity index (χ2v) is 8.34. The molecule has 3 rings (SSSR count). The van der Waals surface area contributed by atoms with Crippen molar-refractivity contribution in [1.29, 1.82) is 0 Å². The third-order valence-corrected chi connectivity index (χ3v) is 6.48. The highest BCUT2D eigenvalue weighted by Crippen LogP contribution is 2.30. The average Bonchev–Trinajstić information content (AvgIpc) is 3.08. The Morgan fingerprint density at radius 1 is 1.41 bits per heavy atom. The molecule has 0 amide bonds. The lowest BCUT2D eigenvalue weighted by molar-refractivity contribution is 0.0692. The molecule has 9 nitrogen and oxygen atoms in total. The Bertz CT molecular complexity index is 941. The third-order valence-electron chi connectivity index (χ3n) is 4.61. The summed E-state index contributed by atoms with van der Waals surface area (Å²) < 4.78 is 34.6. The Kier molecular flexibility index (Phi) is 5.47. The smallest absolute Gasteiger partial charge is 0.339 e. The lowest BCUT2D eigenvalue weighted by Gasteiger charge is -2.31. The Morgan fingerprint density at radius 2 is 2.19 bits per heavy atom. The van der Waals surface area contributed by atoms with Gasteiger partial charge in [0.25, 0.3) is 0 Å². The molecule has 1 aliphatic rings. The minimum atomic E-state index is -3.83. The van der Waals surface area contributed by atoms with Crippen molar-refractivity contribution in [2.45, 2.75) is 30.6 Å². The molecule has 0 saturated carbocycles. The molecule has 0 radical (unpaired) electrons. The maximum atomic E-state index is 13.1. The molecular formula is C17H22N4O5S. The number of rotatable bonds is 6. The zero-order valence-electron chi connectivity index (χ0n) is 15.2. The number of hydrogen-bond donors (Lipinski definition) is 1. The molecule has 1 unspecified atom stereocenters. The second kappa shape index (κ2) is 7.65. The van der Waals surface area contributed by atoms with Crippen LogP contribution in [0.25, 0.3) is 0 Å². The van der Waals surface area contributed by atoms with Crippen LogP contribution in [0.15, 0.2) is 29.4 Å². The summed E-state index contributed by atoms with van der Waals surface area (Å²) in [5, 5.41) is 17.3. The zero-order valence-corrected chi connectivity index (χ0v) is 16.0. The predicted octanol–water partition coefficient (Wildman–Crippen LogP) is 1.48. The van der Waals surface area contributed by atoms with Gasteiger partial charge in [-0.15, -0.1) is 10.2 Å². The minimum absolute atomic E-state index is 0.0531. The quantitative estimate of drug-likeness (QED) is 0.789. The van der Waals surface area contributed by atoms with E-state index in [9.17, 15) is 18.3 Å². The number of ether oxygens (including phenoxy) is 1. The third kappa shape index (κ3) is 3.81. The van der Waals surface area contributed by atoms with Crippen molar-refractivity contribution in [3.05, 3.63) is 35.9 Å². The highest BCUT2D eigenvalue weighted by atomic mass is 32.2. The number of aromatic nitrogens is 3. The molecule has 1 aromatic heterocycles. The van der Waals surface area contributed by atoms with E-state index < -0.39 is 16.0 Å². The summed E-state index contributed by atoms with van der Waals surface area (Å²) in [6.45, 7) is 2.69. The standard InChI is InChI=1S/C17H22N4O5S/c1-3-26-15-7-6-13(9-14(15)17(22)23)27(24,25)21-8-4-5-12(10-21)16-19-18-11-20(16)2/h6-7,9,11-12H,3-5,8,10H2,1-2H3,(H,22,23). The van der Waals surface area contributed by atoms with Gasteiger partial charge in [0.15, 0.2) is 0 Å². The number of benzene rings is 1. The predicted molar refractivity (Wildman–Crippen MR) is 96.3 cm³/mol. The maximum absolute atomic E-state index is 13.1. The summed E-state index contributed by atoms with van der Waals surface area (Å²) in [5.74, 6) is -0.388. The number of sulfonamides is 1. The number of aromatic carboxylic acids is 1.